The highest BCUT2D eigenvalue weighted by Crippen LogP contribution is 2.25. The zero-order chi connectivity index (χ0) is 11.8. The van der Waals surface area contributed by atoms with Crippen LogP contribution in [0.5, 0.6) is 0 Å². The van der Waals surface area contributed by atoms with E-state index in [1.165, 1.54) is 17.0 Å². The van der Waals surface area contributed by atoms with Crippen LogP contribution in [-0.4, -0.2) is 20.7 Å². The van der Waals surface area contributed by atoms with Gasteiger partial charge in [0.05, 0.1) is 0 Å². The highest BCUT2D eigenvalue weighted by Gasteiger charge is 2.25. The monoisotopic (exact) mass is 248 g/mol. The lowest BCUT2D eigenvalue weighted by Crippen LogP contribution is -2.14. The number of aryl methyl sites for hydroxylation is 1. The molecule has 0 saturated carbocycles. The van der Waals surface area contributed by atoms with E-state index in [1.54, 1.807) is 6.20 Å². The number of rotatable bonds is 2. The molecule has 5 nitrogen and oxygen atoms in total. The fourth-order valence-electron chi connectivity index (χ4n) is 2.23. The van der Waals surface area contributed by atoms with Crippen molar-refractivity contribution in [1.29, 1.82) is 0 Å². The predicted octanol–water partition coefficient (Wildman–Crippen LogP) is 1.62. The van der Waals surface area contributed by atoms with Crippen molar-refractivity contribution in [3.63, 3.8) is 0 Å². The van der Waals surface area contributed by atoms with Gasteiger partial charge in [0.25, 0.3) is 5.91 Å². The van der Waals surface area contributed by atoms with Crippen LogP contribution in [0, 0.1) is 0 Å². The molecule has 0 spiro atoms. The van der Waals surface area contributed by atoms with E-state index < -0.39 is 0 Å². The van der Waals surface area contributed by atoms with Crippen molar-refractivity contribution in [1.82, 2.24) is 14.8 Å². The zero-order valence-electron chi connectivity index (χ0n) is 9.43. The Hall–Kier alpha value is -1.69. The number of nitrogens with one attached hydrogen (secondary N) is 1. The summed E-state index contributed by atoms with van der Waals surface area (Å²) in [5, 5.41) is 9.52. The Morgan fingerprint density at radius 3 is 3.18 bits per heavy atom. The van der Waals surface area contributed by atoms with Crippen molar-refractivity contribution < 1.29 is 4.79 Å². The lowest BCUT2D eigenvalue weighted by molar-refractivity contribution is 0.102. The third kappa shape index (κ3) is 1.74. The number of aromatic nitrogens is 3. The molecule has 2 heterocycles. The molecule has 0 radical (unpaired) electrons. The fraction of sp³-hybridized carbons (Fsp3) is 0.364. The van der Waals surface area contributed by atoms with E-state index in [-0.39, 0.29) is 5.91 Å². The van der Waals surface area contributed by atoms with Crippen LogP contribution in [0.3, 0.4) is 0 Å². The summed E-state index contributed by atoms with van der Waals surface area (Å²) in [4.78, 5) is 16.1. The second-order valence-electron chi connectivity index (χ2n) is 4.04. The van der Waals surface area contributed by atoms with Crippen LogP contribution < -0.4 is 5.32 Å². The average molecular weight is 248 g/mol. The minimum Gasteiger partial charge on any atom is -0.296 e. The topological polar surface area (TPSA) is 59.8 Å². The predicted molar refractivity (Wildman–Crippen MR) is 65.3 cm³/mol. The van der Waals surface area contributed by atoms with E-state index in [4.69, 9.17) is 0 Å². The van der Waals surface area contributed by atoms with Crippen molar-refractivity contribution in [2.75, 3.05) is 5.32 Å². The van der Waals surface area contributed by atoms with Gasteiger partial charge < -0.3 is 0 Å². The van der Waals surface area contributed by atoms with Crippen LogP contribution >= 0.6 is 11.3 Å². The van der Waals surface area contributed by atoms with Crippen LogP contribution in [0.2, 0.25) is 0 Å². The molecular weight excluding hydrogens is 236 g/mol. The van der Waals surface area contributed by atoms with Gasteiger partial charge in [-0.05, 0) is 19.3 Å². The summed E-state index contributed by atoms with van der Waals surface area (Å²) < 4.78 is 1.82. The minimum atomic E-state index is -0.154. The molecule has 6 heteroatoms. The van der Waals surface area contributed by atoms with Gasteiger partial charge in [-0.1, -0.05) is 0 Å². The molecule has 1 amide bonds. The van der Waals surface area contributed by atoms with Gasteiger partial charge >= 0.3 is 0 Å². The minimum absolute atomic E-state index is 0.154. The van der Waals surface area contributed by atoms with Gasteiger partial charge in [-0.25, -0.2) is 4.98 Å². The molecule has 3 rings (SSSR count). The van der Waals surface area contributed by atoms with Crippen LogP contribution in [0.1, 0.15) is 28.2 Å². The third-order valence-corrected chi connectivity index (χ3v) is 3.67. The maximum absolute atomic E-state index is 12.1. The Labute approximate surface area is 102 Å². The summed E-state index contributed by atoms with van der Waals surface area (Å²) in [7, 11) is 1.89. The number of thiazole rings is 1. The molecular formula is C11H12N4OS. The number of carbonyl (C=O) groups is 1. The molecule has 2 aromatic rings. The number of carbonyl (C=O) groups excluding carboxylic acids is 1. The van der Waals surface area contributed by atoms with Crippen LogP contribution in [0.25, 0.3) is 0 Å². The molecule has 0 aliphatic heterocycles. The fourth-order valence-corrected chi connectivity index (χ4v) is 2.76. The Morgan fingerprint density at radius 1 is 1.53 bits per heavy atom. The first-order valence-electron chi connectivity index (χ1n) is 5.51. The highest BCUT2D eigenvalue weighted by molar-refractivity contribution is 7.13. The Bertz CT molecular complexity index is 558. The van der Waals surface area contributed by atoms with Crippen LogP contribution in [-0.2, 0) is 19.9 Å². The molecule has 0 atom stereocenters. The average Bonchev–Trinajstić information content (AvgIpc) is 2.97. The van der Waals surface area contributed by atoms with Crippen molar-refractivity contribution in [2.24, 2.45) is 7.05 Å². The number of amides is 1. The Kier molecular flexibility index (Phi) is 2.44. The van der Waals surface area contributed by atoms with E-state index in [9.17, 15) is 4.79 Å². The smallest absolute Gasteiger partial charge is 0.278 e. The number of nitrogens with zero attached hydrogens (tertiary/aromatic N) is 3. The van der Waals surface area contributed by atoms with Crippen molar-refractivity contribution in [3.05, 3.63) is 28.5 Å². The first-order valence-corrected chi connectivity index (χ1v) is 6.39. The van der Waals surface area contributed by atoms with Gasteiger partial charge in [0.2, 0.25) is 0 Å². The van der Waals surface area contributed by atoms with Gasteiger partial charge in [-0.2, -0.15) is 5.10 Å². The van der Waals surface area contributed by atoms with Crippen molar-refractivity contribution in [3.8, 4) is 0 Å². The van der Waals surface area contributed by atoms with Crippen LogP contribution in [0.4, 0.5) is 5.13 Å². The van der Waals surface area contributed by atoms with E-state index in [0.29, 0.717) is 10.8 Å². The van der Waals surface area contributed by atoms with Gasteiger partial charge in [-0.15, -0.1) is 11.3 Å². The standard InChI is InChI=1S/C11H12N4OS/c1-15-8-4-2-3-7(8)9(14-15)10(16)13-11-12-5-6-17-11/h5-6H,2-4H2,1H3,(H,12,13,16). The summed E-state index contributed by atoms with van der Waals surface area (Å²) in [6.45, 7) is 0. The normalized spacial score (nSPS) is 13.7. The lowest BCUT2D eigenvalue weighted by atomic mass is 10.2. The number of hydrogen-bond donors (Lipinski definition) is 1. The summed E-state index contributed by atoms with van der Waals surface area (Å²) in [5.74, 6) is -0.154. The maximum atomic E-state index is 12.1. The largest absolute Gasteiger partial charge is 0.296 e. The zero-order valence-corrected chi connectivity index (χ0v) is 10.3. The molecule has 0 aromatic carbocycles. The third-order valence-electron chi connectivity index (χ3n) is 2.98. The first-order chi connectivity index (χ1) is 8.25. The summed E-state index contributed by atoms with van der Waals surface area (Å²) in [5.41, 5.74) is 2.84. The second kappa shape index (κ2) is 3.96. The second-order valence-corrected chi connectivity index (χ2v) is 4.94. The molecule has 0 fully saturated rings. The molecule has 0 saturated heterocycles. The molecule has 17 heavy (non-hydrogen) atoms. The van der Waals surface area contributed by atoms with E-state index in [0.717, 1.165) is 24.8 Å². The van der Waals surface area contributed by atoms with Crippen molar-refractivity contribution >= 4 is 22.4 Å². The number of anilines is 1. The SMILES string of the molecule is Cn1nc(C(=O)Nc2nccs2)c2c1CCC2. The quantitative estimate of drug-likeness (QED) is 0.878. The molecule has 88 valence electrons. The molecule has 1 aliphatic carbocycles. The molecule has 1 aliphatic rings. The highest BCUT2D eigenvalue weighted by atomic mass is 32.1. The van der Waals surface area contributed by atoms with Crippen LogP contribution in [0.15, 0.2) is 11.6 Å². The molecule has 0 bridgehead atoms. The van der Waals surface area contributed by atoms with E-state index >= 15 is 0 Å². The Morgan fingerprint density at radius 2 is 2.41 bits per heavy atom. The number of hydrogen-bond acceptors (Lipinski definition) is 4. The van der Waals surface area contributed by atoms with Crippen molar-refractivity contribution in [2.45, 2.75) is 19.3 Å². The molecule has 1 N–H and O–H groups in total. The summed E-state index contributed by atoms with van der Waals surface area (Å²) in [6, 6.07) is 0. The molecule has 2 aromatic heterocycles. The van der Waals surface area contributed by atoms with Gasteiger partial charge in [0.1, 0.15) is 0 Å². The van der Waals surface area contributed by atoms with Gasteiger partial charge in [-0.3, -0.25) is 14.8 Å². The first kappa shape index (κ1) is 10.5. The summed E-state index contributed by atoms with van der Waals surface area (Å²) >= 11 is 1.41. The van der Waals surface area contributed by atoms with Gasteiger partial charge in [0, 0.05) is 29.9 Å². The lowest BCUT2D eigenvalue weighted by Gasteiger charge is -1.99. The maximum Gasteiger partial charge on any atom is 0.278 e. The van der Waals surface area contributed by atoms with Gasteiger partial charge in [0.15, 0.2) is 10.8 Å². The van der Waals surface area contributed by atoms with E-state index in [1.807, 2.05) is 17.1 Å². The Balaban J connectivity index is 1.89. The summed E-state index contributed by atoms with van der Waals surface area (Å²) in [6.07, 6.45) is 4.74. The molecule has 0 unspecified atom stereocenters. The van der Waals surface area contributed by atoms with E-state index in [2.05, 4.69) is 15.4 Å². The number of fused-ring (bicyclic) bond motifs is 1.